The van der Waals surface area contributed by atoms with E-state index < -0.39 is 41.5 Å². The summed E-state index contributed by atoms with van der Waals surface area (Å²) in [6.45, 7) is -0.750. The quantitative estimate of drug-likeness (QED) is 0.652. The normalized spacial score (nSPS) is 11.2. The summed E-state index contributed by atoms with van der Waals surface area (Å²) in [6, 6.07) is 1.34. The molecular formula is C11H11F3N2O5. The SMILES string of the molecule is O=C(O)COCCNC(=O)c1ccc(C(F)(F)F)[nH]c1=O. The number of pyridine rings is 1. The first-order valence-electron chi connectivity index (χ1n) is 5.60. The molecule has 0 bridgehead atoms. The zero-order chi connectivity index (χ0) is 16.0. The first-order chi connectivity index (χ1) is 9.71. The van der Waals surface area contributed by atoms with Gasteiger partial charge in [0, 0.05) is 6.54 Å². The molecule has 1 aromatic heterocycles. The van der Waals surface area contributed by atoms with Crippen LogP contribution >= 0.6 is 0 Å². The maximum Gasteiger partial charge on any atom is 0.431 e. The van der Waals surface area contributed by atoms with Gasteiger partial charge in [0.2, 0.25) is 0 Å². The molecule has 0 aliphatic rings. The van der Waals surface area contributed by atoms with Gasteiger partial charge < -0.3 is 20.1 Å². The number of carbonyl (C=O) groups is 2. The Morgan fingerprint density at radius 2 is 2.00 bits per heavy atom. The highest BCUT2D eigenvalue weighted by atomic mass is 19.4. The number of ether oxygens (including phenoxy) is 1. The van der Waals surface area contributed by atoms with Crippen molar-refractivity contribution in [2.24, 2.45) is 0 Å². The number of hydrogen-bond acceptors (Lipinski definition) is 4. The van der Waals surface area contributed by atoms with Crippen molar-refractivity contribution < 1.29 is 32.6 Å². The Kier molecular flexibility index (Phi) is 5.47. The van der Waals surface area contributed by atoms with Crippen LogP contribution in [-0.4, -0.2) is 41.7 Å². The maximum atomic E-state index is 12.3. The van der Waals surface area contributed by atoms with E-state index in [1.807, 2.05) is 0 Å². The minimum absolute atomic E-state index is 0.0907. The number of H-pyrrole nitrogens is 1. The number of carboxylic acids is 1. The first-order valence-corrected chi connectivity index (χ1v) is 5.60. The summed E-state index contributed by atoms with van der Waals surface area (Å²) in [5.74, 6) is -2.07. The predicted octanol–water partition coefficient (Wildman–Crippen LogP) is 0.225. The van der Waals surface area contributed by atoms with Crippen LogP contribution in [0.1, 0.15) is 16.1 Å². The third-order valence-corrected chi connectivity index (χ3v) is 2.22. The number of rotatable bonds is 6. The zero-order valence-electron chi connectivity index (χ0n) is 10.5. The summed E-state index contributed by atoms with van der Waals surface area (Å²) in [5.41, 5.74) is -2.91. The Hall–Kier alpha value is -2.36. The second-order valence-corrected chi connectivity index (χ2v) is 3.81. The second-order valence-electron chi connectivity index (χ2n) is 3.81. The summed E-state index contributed by atoms with van der Waals surface area (Å²) in [7, 11) is 0. The topological polar surface area (TPSA) is 108 Å². The van der Waals surface area contributed by atoms with Crippen LogP contribution in [-0.2, 0) is 15.7 Å². The molecule has 1 aromatic rings. The molecule has 21 heavy (non-hydrogen) atoms. The van der Waals surface area contributed by atoms with Gasteiger partial charge in [-0.2, -0.15) is 13.2 Å². The van der Waals surface area contributed by atoms with Gasteiger partial charge in [-0.15, -0.1) is 0 Å². The van der Waals surface area contributed by atoms with E-state index in [1.165, 1.54) is 0 Å². The van der Waals surface area contributed by atoms with Gasteiger partial charge in [-0.1, -0.05) is 0 Å². The van der Waals surface area contributed by atoms with E-state index in [1.54, 1.807) is 4.98 Å². The van der Waals surface area contributed by atoms with Crippen LogP contribution in [0, 0.1) is 0 Å². The molecule has 7 nitrogen and oxygen atoms in total. The molecule has 1 heterocycles. The molecule has 0 saturated heterocycles. The molecule has 1 rings (SSSR count). The van der Waals surface area contributed by atoms with E-state index in [4.69, 9.17) is 5.11 Å². The number of aliphatic carboxylic acids is 1. The van der Waals surface area contributed by atoms with Crippen LogP contribution in [0.25, 0.3) is 0 Å². The fourth-order valence-electron chi connectivity index (χ4n) is 1.31. The maximum absolute atomic E-state index is 12.3. The molecule has 0 radical (unpaired) electrons. The summed E-state index contributed by atoms with van der Waals surface area (Å²) in [5, 5.41) is 10.5. The summed E-state index contributed by atoms with van der Waals surface area (Å²) in [6.07, 6.45) is -4.71. The van der Waals surface area contributed by atoms with Crippen molar-refractivity contribution in [3.63, 3.8) is 0 Å². The van der Waals surface area contributed by atoms with Crippen molar-refractivity contribution in [3.05, 3.63) is 33.7 Å². The molecule has 10 heteroatoms. The molecule has 0 fully saturated rings. The molecule has 3 N–H and O–H groups in total. The van der Waals surface area contributed by atoms with Crippen molar-refractivity contribution >= 4 is 11.9 Å². The van der Waals surface area contributed by atoms with Crippen LogP contribution in [0.5, 0.6) is 0 Å². The summed E-state index contributed by atoms with van der Waals surface area (Å²) < 4.78 is 41.6. The smallest absolute Gasteiger partial charge is 0.431 e. The van der Waals surface area contributed by atoms with Crippen LogP contribution in [0.15, 0.2) is 16.9 Å². The standard InChI is InChI=1S/C11H11F3N2O5/c12-11(13,14)7-2-1-6(10(20)16-7)9(19)15-3-4-21-5-8(17)18/h1-2H,3-5H2,(H,15,19)(H,16,20)(H,17,18). The molecule has 0 atom stereocenters. The van der Waals surface area contributed by atoms with Gasteiger partial charge in [-0.25, -0.2) is 4.79 Å². The van der Waals surface area contributed by atoms with Crippen LogP contribution < -0.4 is 10.9 Å². The van der Waals surface area contributed by atoms with Gasteiger partial charge >= 0.3 is 12.1 Å². The number of amides is 1. The van der Waals surface area contributed by atoms with Gasteiger partial charge in [0.05, 0.1) is 6.61 Å². The Labute approximate surface area is 115 Å². The fourth-order valence-corrected chi connectivity index (χ4v) is 1.31. The molecule has 116 valence electrons. The van der Waals surface area contributed by atoms with E-state index in [0.717, 1.165) is 6.07 Å². The third kappa shape index (κ3) is 5.26. The molecule has 1 amide bonds. The summed E-state index contributed by atoms with van der Waals surface area (Å²) in [4.78, 5) is 34.6. The van der Waals surface area contributed by atoms with Gasteiger partial charge in [0.15, 0.2) is 0 Å². The number of halogens is 3. The van der Waals surface area contributed by atoms with Gasteiger partial charge in [-0.05, 0) is 12.1 Å². The molecular weight excluding hydrogens is 297 g/mol. The molecule has 0 aliphatic heterocycles. The van der Waals surface area contributed by atoms with Crippen molar-refractivity contribution in [2.45, 2.75) is 6.18 Å². The predicted molar refractivity (Wildman–Crippen MR) is 62.9 cm³/mol. The van der Waals surface area contributed by atoms with Gasteiger partial charge in [0.1, 0.15) is 17.9 Å². The molecule has 0 aliphatic carbocycles. The number of aromatic nitrogens is 1. The highest BCUT2D eigenvalue weighted by molar-refractivity contribution is 5.93. The highest BCUT2D eigenvalue weighted by Gasteiger charge is 2.32. The molecule has 0 spiro atoms. The van der Waals surface area contributed by atoms with Gasteiger partial charge in [-0.3, -0.25) is 9.59 Å². The Morgan fingerprint density at radius 3 is 2.52 bits per heavy atom. The second kappa shape index (κ2) is 6.88. The molecule has 0 unspecified atom stereocenters. The highest BCUT2D eigenvalue weighted by Crippen LogP contribution is 2.26. The van der Waals surface area contributed by atoms with E-state index in [9.17, 15) is 27.6 Å². The van der Waals surface area contributed by atoms with E-state index in [2.05, 4.69) is 10.1 Å². The average Bonchev–Trinajstić information content (AvgIpc) is 2.36. The number of carbonyl (C=O) groups excluding carboxylic acids is 1. The van der Waals surface area contributed by atoms with Crippen molar-refractivity contribution in [1.29, 1.82) is 0 Å². The lowest BCUT2D eigenvalue weighted by atomic mass is 10.2. The summed E-state index contributed by atoms with van der Waals surface area (Å²) >= 11 is 0. The van der Waals surface area contributed by atoms with Crippen molar-refractivity contribution in [1.82, 2.24) is 10.3 Å². The number of aromatic amines is 1. The lowest BCUT2D eigenvalue weighted by Gasteiger charge is -2.08. The number of nitrogens with one attached hydrogen (secondary N) is 2. The Bertz CT molecular complexity index is 582. The minimum Gasteiger partial charge on any atom is -0.480 e. The van der Waals surface area contributed by atoms with Gasteiger partial charge in [0.25, 0.3) is 11.5 Å². The fraction of sp³-hybridized carbons (Fsp3) is 0.364. The van der Waals surface area contributed by atoms with Crippen LogP contribution in [0.3, 0.4) is 0 Å². The average molecular weight is 308 g/mol. The Balaban J connectivity index is 2.59. The monoisotopic (exact) mass is 308 g/mol. The van der Waals surface area contributed by atoms with Crippen molar-refractivity contribution in [2.75, 3.05) is 19.8 Å². The van der Waals surface area contributed by atoms with E-state index in [-0.39, 0.29) is 13.2 Å². The lowest BCUT2D eigenvalue weighted by Crippen LogP contribution is -2.33. The number of carboxylic acid groups (broad SMARTS) is 1. The Morgan fingerprint density at radius 1 is 1.33 bits per heavy atom. The largest absolute Gasteiger partial charge is 0.480 e. The lowest BCUT2D eigenvalue weighted by molar-refractivity contribution is -0.142. The van der Waals surface area contributed by atoms with Crippen LogP contribution in [0.2, 0.25) is 0 Å². The van der Waals surface area contributed by atoms with Crippen molar-refractivity contribution in [3.8, 4) is 0 Å². The minimum atomic E-state index is -4.71. The zero-order valence-corrected chi connectivity index (χ0v) is 10.5. The van der Waals surface area contributed by atoms with Crippen LogP contribution in [0.4, 0.5) is 13.2 Å². The first kappa shape index (κ1) is 16.7. The van der Waals surface area contributed by atoms with E-state index >= 15 is 0 Å². The molecule has 0 saturated carbocycles. The molecule has 0 aromatic carbocycles. The third-order valence-electron chi connectivity index (χ3n) is 2.22. The number of hydrogen-bond donors (Lipinski definition) is 3. The van der Waals surface area contributed by atoms with E-state index in [0.29, 0.717) is 6.07 Å². The number of alkyl halides is 3.